The van der Waals surface area contributed by atoms with Gasteiger partial charge >= 0.3 is 5.97 Å². The van der Waals surface area contributed by atoms with Crippen molar-refractivity contribution in [3.63, 3.8) is 0 Å². The van der Waals surface area contributed by atoms with Gasteiger partial charge in [0.15, 0.2) is 0 Å². The van der Waals surface area contributed by atoms with E-state index in [-0.39, 0.29) is 12.3 Å². The van der Waals surface area contributed by atoms with Crippen LogP contribution in [-0.4, -0.2) is 22.1 Å². The van der Waals surface area contributed by atoms with Crippen LogP contribution in [0.4, 0.5) is 0 Å². The smallest absolute Gasteiger partial charge is 0.309 e. The molecule has 1 aliphatic heterocycles. The van der Waals surface area contributed by atoms with Crippen LogP contribution in [0, 0.1) is 11.8 Å². The van der Waals surface area contributed by atoms with Gasteiger partial charge in [0, 0.05) is 29.0 Å². The van der Waals surface area contributed by atoms with E-state index in [9.17, 15) is 4.79 Å². The molecule has 4 nitrogen and oxygen atoms in total. The van der Waals surface area contributed by atoms with Gasteiger partial charge in [-0.15, -0.1) is 0 Å². The predicted octanol–water partition coefficient (Wildman–Crippen LogP) is 1.16. The molecule has 1 saturated heterocycles. The zero-order valence-corrected chi connectivity index (χ0v) is 8.64. The van der Waals surface area contributed by atoms with Crippen LogP contribution >= 0.6 is 0 Å². The lowest BCUT2D eigenvalue weighted by molar-refractivity contribution is -0.141. The molecule has 0 saturated carbocycles. The van der Waals surface area contributed by atoms with Crippen LogP contribution in [0.25, 0.3) is 0 Å². The number of carbonyl (C=O) groups excluding carboxylic acids is 1. The third-order valence-corrected chi connectivity index (χ3v) is 2.92. The zero-order chi connectivity index (χ0) is 13.3. The van der Waals surface area contributed by atoms with Crippen LogP contribution < -0.4 is 0 Å². The molecule has 1 aromatic rings. The Kier molecular flexibility index (Phi) is 1.90. The van der Waals surface area contributed by atoms with Crippen LogP contribution in [0.3, 0.4) is 0 Å². The van der Waals surface area contributed by atoms with Crippen LogP contribution in [0.15, 0.2) is 12.5 Å². The lowest BCUT2D eigenvalue weighted by atomic mass is 9.89. The van der Waals surface area contributed by atoms with Gasteiger partial charge in [-0.25, -0.2) is 4.98 Å². The van der Waals surface area contributed by atoms with E-state index in [1.807, 2.05) is 11.6 Å². The summed E-state index contributed by atoms with van der Waals surface area (Å²) in [6.07, 6.45) is 3.91. The number of hydrogen-bond acceptors (Lipinski definition) is 3. The fraction of sp³-hybridized carbons (Fsp3) is 0.636. The molecule has 1 fully saturated rings. The second kappa shape index (κ2) is 4.04. The predicted molar refractivity (Wildman–Crippen MR) is 55.1 cm³/mol. The molecular weight excluding hydrogens is 192 g/mol. The summed E-state index contributed by atoms with van der Waals surface area (Å²) in [4.78, 5) is 15.6. The highest BCUT2D eigenvalue weighted by Crippen LogP contribution is 2.27. The minimum absolute atomic E-state index is 0.0756. The van der Waals surface area contributed by atoms with Crippen molar-refractivity contribution in [1.29, 1.82) is 0 Å². The maximum atomic E-state index is 11.6. The van der Waals surface area contributed by atoms with Crippen molar-refractivity contribution in [2.24, 2.45) is 18.9 Å². The number of aryl methyl sites for hydroxylation is 1. The normalized spacial score (nSPS) is 29.4. The van der Waals surface area contributed by atoms with Gasteiger partial charge in [0.2, 0.25) is 0 Å². The number of carbonyl (C=O) groups is 1. The molecule has 4 heteroatoms. The fourth-order valence-electron chi connectivity index (χ4n) is 1.91. The second-order valence-corrected chi connectivity index (χ2v) is 3.90. The fourth-order valence-corrected chi connectivity index (χ4v) is 1.91. The number of esters is 1. The first-order valence-corrected chi connectivity index (χ1v) is 4.98. The number of cyclic esters (lactones) is 1. The van der Waals surface area contributed by atoms with E-state index >= 15 is 0 Å². The summed E-state index contributed by atoms with van der Waals surface area (Å²) < 4.78 is 28.7. The Morgan fingerprint density at radius 1 is 1.80 bits per heavy atom. The molecule has 82 valence electrons. The van der Waals surface area contributed by atoms with Gasteiger partial charge in [-0.1, -0.05) is 6.85 Å². The molecule has 0 radical (unpaired) electrons. The quantitative estimate of drug-likeness (QED) is 0.705. The Labute approximate surface area is 93.5 Å². The number of nitrogens with zero attached hydrogens (tertiary/aromatic N) is 2. The summed E-state index contributed by atoms with van der Waals surface area (Å²) >= 11 is 0. The Morgan fingerprint density at radius 2 is 2.67 bits per heavy atom. The van der Waals surface area contributed by atoms with Crippen molar-refractivity contribution >= 4 is 5.97 Å². The van der Waals surface area contributed by atoms with Crippen molar-refractivity contribution in [2.45, 2.75) is 19.7 Å². The maximum absolute atomic E-state index is 11.6. The average Bonchev–Trinajstić information content (AvgIpc) is 2.78. The third kappa shape index (κ3) is 1.89. The maximum Gasteiger partial charge on any atom is 0.309 e. The van der Waals surface area contributed by atoms with Gasteiger partial charge in [0.1, 0.15) is 0 Å². The molecule has 0 N–H and O–H groups in total. The Bertz CT molecular complexity index is 442. The lowest BCUT2D eigenvalue weighted by Crippen LogP contribution is -2.18. The molecule has 0 aliphatic carbocycles. The van der Waals surface area contributed by atoms with Crippen LogP contribution in [-0.2, 0) is 23.0 Å². The third-order valence-electron chi connectivity index (χ3n) is 2.92. The highest BCUT2D eigenvalue weighted by molar-refractivity contribution is 5.74. The van der Waals surface area contributed by atoms with Gasteiger partial charge < -0.3 is 9.30 Å². The molecule has 0 aromatic carbocycles. The number of ether oxygens (including phenoxy) is 1. The highest BCUT2D eigenvalue weighted by Gasteiger charge is 2.35. The molecule has 2 rings (SSSR count). The van der Waals surface area contributed by atoms with Gasteiger partial charge in [-0.2, -0.15) is 0 Å². The molecule has 1 aromatic heterocycles. The first-order chi connectivity index (χ1) is 8.37. The van der Waals surface area contributed by atoms with Crippen LogP contribution in [0.5, 0.6) is 0 Å². The van der Waals surface area contributed by atoms with Gasteiger partial charge in [-0.3, -0.25) is 4.79 Å². The Balaban J connectivity index is 2.07. The monoisotopic (exact) mass is 211 g/mol. The van der Waals surface area contributed by atoms with E-state index in [0.29, 0.717) is 13.0 Å². The molecule has 2 atom stereocenters. The highest BCUT2D eigenvalue weighted by atomic mass is 16.5. The first kappa shape index (κ1) is 7.04. The lowest BCUT2D eigenvalue weighted by Gasteiger charge is -2.12. The molecule has 15 heavy (non-hydrogen) atoms. The SMILES string of the molecule is [2H]C([2H])([2H])C[C@@H]1C(=O)OC[C@@H]1Cc1cncn1C. The first-order valence-electron chi connectivity index (χ1n) is 6.48. The van der Waals surface area contributed by atoms with Gasteiger partial charge in [0.05, 0.1) is 18.9 Å². The van der Waals surface area contributed by atoms with Gasteiger partial charge in [-0.05, 0) is 12.8 Å². The Morgan fingerprint density at radius 3 is 3.33 bits per heavy atom. The number of imidazole rings is 1. The van der Waals surface area contributed by atoms with Gasteiger partial charge in [0.25, 0.3) is 0 Å². The van der Waals surface area contributed by atoms with Crippen molar-refractivity contribution in [3.05, 3.63) is 18.2 Å². The van der Waals surface area contributed by atoms with Crippen molar-refractivity contribution in [1.82, 2.24) is 9.55 Å². The van der Waals surface area contributed by atoms with Crippen LogP contribution in [0.2, 0.25) is 0 Å². The summed E-state index contributed by atoms with van der Waals surface area (Å²) in [7, 11) is 1.87. The number of rotatable bonds is 3. The standard InChI is InChI=1S/C11H16N2O2/c1-3-10-8(6-15-11(10)14)4-9-5-12-7-13(9)2/h5,7-8,10H,3-4,6H2,1-2H3/t8-,10-/m0/s1/i1D3. The van der Waals surface area contributed by atoms with E-state index < -0.39 is 18.7 Å². The summed E-state index contributed by atoms with van der Waals surface area (Å²) in [6.45, 7) is -1.80. The van der Waals surface area contributed by atoms with Crippen LogP contribution in [0.1, 0.15) is 23.1 Å². The minimum Gasteiger partial charge on any atom is -0.465 e. The van der Waals surface area contributed by atoms with E-state index in [1.165, 1.54) is 0 Å². The Hall–Kier alpha value is -1.32. The molecular formula is C11H16N2O2. The number of hydrogen-bond donors (Lipinski definition) is 0. The van der Waals surface area contributed by atoms with E-state index in [0.717, 1.165) is 5.69 Å². The molecule has 0 amide bonds. The molecule has 0 bridgehead atoms. The summed E-state index contributed by atoms with van der Waals surface area (Å²) in [6, 6.07) is 0. The topological polar surface area (TPSA) is 44.1 Å². The van der Waals surface area contributed by atoms with Crippen molar-refractivity contribution in [2.75, 3.05) is 6.61 Å². The summed E-state index contributed by atoms with van der Waals surface area (Å²) in [5, 5.41) is 0. The molecule has 1 aliphatic rings. The average molecular weight is 211 g/mol. The second-order valence-electron chi connectivity index (χ2n) is 3.90. The summed E-state index contributed by atoms with van der Waals surface area (Å²) in [5.41, 5.74) is 0.980. The zero-order valence-electron chi connectivity index (χ0n) is 11.6. The van der Waals surface area contributed by atoms with E-state index in [4.69, 9.17) is 8.85 Å². The molecule has 0 unspecified atom stereocenters. The van der Waals surface area contributed by atoms with Crippen molar-refractivity contribution < 1.29 is 13.6 Å². The minimum atomic E-state index is -2.10. The summed E-state index contributed by atoms with van der Waals surface area (Å²) in [5.74, 6) is -1.00. The molecule has 2 heterocycles. The number of aromatic nitrogens is 2. The van der Waals surface area contributed by atoms with E-state index in [2.05, 4.69) is 4.98 Å². The van der Waals surface area contributed by atoms with Crippen molar-refractivity contribution in [3.8, 4) is 0 Å². The van der Waals surface area contributed by atoms with E-state index in [1.54, 1.807) is 12.5 Å². The molecule has 0 spiro atoms. The largest absolute Gasteiger partial charge is 0.465 e.